The van der Waals surface area contributed by atoms with E-state index in [1.807, 2.05) is 60.7 Å². The SMILES string of the molecule is C(=NNc1cccc2cccnc12)c1ccccc1. The summed E-state index contributed by atoms with van der Waals surface area (Å²) in [6, 6.07) is 19.9. The third kappa shape index (κ3) is 2.60. The summed E-state index contributed by atoms with van der Waals surface area (Å²) in [5.41, 5.74) is 5.94. The molecule has 19 heavy (non-hydrogen) atoms. The van der Waals surface area contributed by atoms with Crippen molar-refractivity contribution < 1.29 is 0 Å². The predicted octanol–water partition coefficient (Wildman–Crippen LogP) is 3.68. The predicted molar refractivity (Wildman–Crippen MR) is 79.4 cm³/mol. The van der Waals surface area contributed by atoms with Crippen LogP contribution in [0.5, 0.6) is 0 Å². The number of anilines is 1. The van der Waals surface area contributed by atoms with Crippen molar-refractivity contribution in [3.05, 3.63) is 72.4 Å². The topological polar surface area (TPSA) is 37.3 Å². The van der Waals surface area contributed by atoms with E-state index in [4.69, 9.17) is 0 Å². The van der Waals surface area contributed by atoms with Gasteiger partial charge in [0.1, 0.15) is 0 Å². The number of hydrogen-bond acceptors (Lipinski definition) is 3. The summed E-state index contributed by atoms with van der Waals surface area (Å²) >= 11 is 0. The van der Waals surface area contributed by atoms with E-state index < -0.39 is 0 Å². The van der Waals surface area contributed by atoms with E-state index in [9.17, 15) is 0 Å². The van der Waals surface area contributed by atoms with Crippen molar-refractivity contribution in [1.29, 1.82) is 0 Å². The van der Waals surface area contributed by atoms with Gasteiger partial charge in [-0.25, -0.2) is 0 Å². The van der Waals surface area contributed by atoms with Gasteiger partial charge < -0.3 is 0 Å². The van der Waals surface area contributed by atoms with Crippen molar-refractivity contribution in [3.8, 4) is 0 Å². The van der Waals surface area contributed by atoms with Crippen molar-refractivity contribution >= 4 is 22.8 Å². The molecule has 0 bridgehead atoms. The lowest BCUT2D eigenvalue weighted by atomic mass is 10.2. The molecular weight excluding hydrogens is 234 g/mol. The van der Waals surface area contributed by atoms with Crippen LogP contribution in [-0.2, 0) is 0 Å². The molecular formula is C16H13N3. The molecule has 3 rings (SSSR count). The molecule has 2 aromatic carbocycles. The van der Waals surface area contributed by atoms with Crippen molar-refractivity contribution in [1.82, 2.24) is 4.98 Å². The van der Waals surface area contributed by atoms with E-state index in [-0.39, 0.29) is 0 Å². The summed E-state index contributed by atoms with van der Waals surface area (Å²) in [7, 11) is 0. The number of nitrogens with zero attached hydrogens (tertiary/aromatic N) is 2. The van der Waals surface area contributed by atoms with Crippen LogP contribution in [0.4, 0.5) is 5.69 Å². The lowest BCUT2D eigenvalue weighted by molar-refractivity contribution is 1.33. The normalized spacial score (nSPS) is 10.9. The van der Waals surface area contributed by atoms with Crippen LogP contribution in [0.1, 0.15) is 5.56 Å². The Bertz CT molecular complexity index is 700. The van der Waals surface area contributed by atoms with Gasteiger partial charge in [-0.05, 0) is 17.7 Å². The molecule has 0 aliphatic rings. The van der Waals surface area contributed by atoms with E-state index in [1.54, 1.807) is 12.4 Å². The maximum Gasteiger partial charge on any atom is 0.0951 e. The molecule has 0 spiro atoms. The number of aromatic nitrogens is 1. The first-order chi connectivity index (χ1) is 9.43. The van der Waals surface area contributed by atoms with Crippen LogP contribution in [0, 0.1) is 0 Å². The first-order valence-corrected chi connectivity index (χ1v) is 6.11. The second kappa shape index (κ2) is 5.31. The summed E-state index contributed by atoms with van der Waals surface area (Å²) in [6.45, 7) is 0. The number of nitrogens with one attached hydrogen (secondary N) is 1. The number of hydrogen-bond donors (Lipinski definition) is 1. The number of para-hydroxylation sites is 1. The molecule has 0 fully saturated rings. The number of fused-ring (bicyclic) bond motifs is 1. The zero-order chi connectivity index (χ0) is 12.9. The summed E-state index contributed by atoms with van der Waals surface area (Å²) in [6.07, 6.45) is 3.58. The fourth-order valence-electron chi connectivity index (χ4n) is 1.91. The second-order valence-corrected chi connectivity index (χ2v) is 4.16. The van der Waals surface area contributed by atoms with Crippen LogP contribution in [0.3, 0.4) is 0 Å². The summed E-state index contributed by atoms with van der Waals surface area (Å²) in [4.78, 5) is 4.37. The molecule has 3 nitrogen and oxygen atoms in total. The van der Waals surface area contributed by atoms with E-state index in [2.05, 4.69) is 15.5 Å². The lowest BCUT2D eigenvalue weighted by Gasteiger charge is -2.04. The smallest absolute Gasteiger partial charge is 0.0951 e. The first kappa shape index (κ1) is 11.4. The minimum Gasteiger partial charge on any atom is -0.276 e. The Balaban J connectivity index is 1.84. The molecule has 0 radical (unpaired) electrons. The van der Waals surface area contributed by atoms with E-state index in [0.717, 1.165) is 22.2 Å². The van der Waals surface area contributed by atoms with Gasteiger partial charge in [0, 0.05) is 11.6 Å². The van der Waals surface area contributed by atoms with Gasteiger partial charge in [0.15, 0.2) is 0 Å². The Kier molecular flexibility index (Phi) is 3.19. The third-order valence-corrected chi connectivity index (χ3v) is 2.83. The Morgan fingerprint density at radius 1 is 0.895 bits per heavy atom. The molecule has 1 heterocycles. The fraction of sp³-hybridized carbons (Fsp3) is 0. The number of hydrazone groups is 1. The molecule has 0 unspecified atom stereocenters. The highest BCUT2D eigenvalue weighted by Crippen LogP contribution is 2.20. The zero-order valence-corrected chi connectivity index (χ0v) is 10.3. The molecule has 0 aliphatic carbocycles. The van der Waals surface area contributed by atoms with Gasteiger partial charge in [-0.1, -0.05) is 48.5 Å². The van der Waals surface area contributed by atoms with E-state index in [0.29, 0.717) is 0 Å². The highest BCUT2D eigenvalue weighted by Gasteiger charge is 1.99. The summed E-state index contributed by atoms with van der Waals surface area (Å²) < 4.78 is 0. The van der Waals surface area contributed by atoms with Gasteiger partial charge in [0.2, 0.25) is 0 Å². The Labute approximate surface area is 111 Å². The quantitative estimate of drug-likeness (QED) is 0.566. The van der Waals surface area contributed by atoms with Crippen molar-refractivity contribution in [2.75, 3.05) is 5.43 Å². The van der Waals surface area contributed by atoms with Gasteiger partial charge in [0.25, 0.3) is 0 Å². The second-order valence-electron chi connectivity index (χ2n) is 4.16. The van der Waals surface area contributed by atoms with Gasteiger partial charge >= 0.3 is 0 Å². The Morgan fingerprint density at radius 3 is 2.63 bits per heavy atom. The van der Waals surface area contributed by atoms with Crippen LogP contribution in [-0.4, -0.2) is 11.2 Å². The molecule has 0 atom stereocenters. The zero-order valence-electron chi connectivity index (χ0n) is 10.3. The van der Waals surface area contributed by atoms with Gasteiger partial charge in [-0.3, -0.25) is 10.4 Å². The minimum atomic E-state index is 0.908. The standard InChI is InChI=1S/C16H13N3/c1-2-6-13(7-3-1)12-18-19-15-10-4-8-14-9-5-11-17-16(14)15/h1-12,19H. The number of benzene rings is 2. The maximum absolute atomic E-state index is 4.37. The molecule has 1 N–H and O–H groups in total. The van der Waals surface area contributed by atoms with E-state index in [1.165, 1.54) is 0 Å². The lowest BCUT2D eigenvalue weighted by Crippen LogP contribution is -1.92. The van der Waals surface area contributed by atoms with Crippen molar-refractivity contribution in [3.63, 3.8) is 0 Å². The molecule has 0 amide bonds. The highest BCUT2D eigenvalue weighted by molar-refractivity contribution is 5.90. The first-order valence-electron chi connectivity index (χ1n) is 6.11. The summed E-state index contributed by atoms with van der Waals surface area (Å²) in [5.74, 6) is 0. The van der Waals surface area contributed by atoms with Crippen molar-refractivity contribution in [2.45, 2.75) is 0 Å². The molecule has 0 saturated carbocycles. The van der Waals surface area contributed by atoms with Gasteiger partial charge in [-0.15, -0.1) is 0 Å². The average Bonchev–Trinajstić information content (AvgIpc) is 2.49. The van der Waals surface area contributed by atoms with E-state index >= 15 is 0 Å². The molecule has 0 saturated heterocycles. The summed E-state index contributed by atoms with van der Waals surface area (Å²) in [5, 5.41) is 5.35. The van der Waals surface area contributed by atoms with Crippen LogP contribution in [0.2, 0.25) is 0 Å². The van der Waals surface area contributed by atoms with Crippen LogP contribution in [0.25, 0.3) is 10.9 Å². The van der Waals surface area contributed by atoms with Gasteiger partial charge in [0.05, 0.1) is 17.4 Å². The largest absolute Gasteiger partial charge is 0.276 e. The number of pyridine rings is 1. The molecule has 3 aromatic rings. The fourth-order valence-corrected chi connectivity index (χ4v) is 1.91. The monoisotopic (exact) mass is 247 g/mol. The molecule has 92 valence electrons. The third-order valence-electron chi connectivity index (χ3n) is 2.83. The molecule has 0 aliphatic heterocycles. The number of rotatable bonds is 3. The minimum absolute atomic E-state index is 0.908. The van der Waals surface area contributed by atoms with Crippen LogP contribution in [0.15, 0.2) is 72.0 Å². The maximum atomic E-state index is 4.37. The van der Waals surface area contributed by atoms with Crippen molar-refractivity contribution in [2.24, 2.45) is 5.10 Å². The molecule has 1 aromatic heterocycles. The average molecular weight is 247 g/mol. The van der Waals surface area contributed by atoms with Crippen LogP contribution >= 0.6 is 0 Å². The van der Waals surface area contributed by atoms with Crippen LogP contribution < -0.4 is 5.43 Å². The highest BCUT2D eigenvalue weighted by atomic mass is 15.3. The molecule has 3 heteroatoms. The van der Waals surface area contributed by atoms with Gasteiger partial charge in [-0.2, -0.15) is 5.10 Å². The Hall–Kier alpha value is -2.68. The Morgan fingerprint density at radius 2 is 1.74 bits per heavy atom.